The van der Waals surface area contributed by atoms with Gasteiger partial charge in [-0.05, 0) is 85.5 Å². The smallest absolute Gasteiger partial charge is 0.121 e. The Bertz CT molecular complexity index is 4120. The molecule has 13 rings (SSSR count). The molecule has 0 spiro atoms. The minimum absolute atomic E-state index is 0. The van der Waals surface area contributed by atoms with Gasteiger partial charge in [0.2, 0.25) is 0 Å². The van der Waals surface area contributed by atoms with Gasteiger partial charge in [0, 0.05) is 56.2 Å². The Labute approximate surface area is 385 Å². The van der Waals surface area contributed by atoms with Crippen LogP contribution in [-0.2, 0) is 20.1 Å². The van der Waals surface area contributed by atoms with Gasteiger partial charge in [0.15, 0.2) is 0 Å². The van der Waals surface area contributed by atoms with Crippen LogP contribution < -0.4 is 0 Å². The number of para-hydroxylation sites is 2. The summed E-state index contributed by atoms with van der Waals surface area (Å²) < 4.78 is 52.8. The summed E-state index contributed by atoms with van der Waals surface area (Å²) in [7, 11) is 0. The quantitative estimate of drug-likeness (QED) is 0.128. The minimum atomic E-state index is -2.18. The van der Waals surface area contributed by atoms with Gasteiger partial charge in [-0.3, -0.25) is 4.98 Å². The third kappa shape index (κ3) is 6.39. The van der Waals surface area contributed by atoms with Gasteiger partial charge in [-0.2, -0.15) is 0 Å². The topological polar surface area (TPSA) is 43.3 Å². The van der Waals surface area contributed by atoms with Gasteiger partial charge in [0.1, 0.15) is 5.58 Å². The van der Waals surface area contributed by atoms with Crippen molar-refractivity contribution in [3.63, 3.8) is 0 Å². The van der Waals surface area contributed by atoms with Gasteiger partial charge >= 0.3 is 0 Å². The SMILES string of the molecule is [2H]C([2H])([2H])c1c[c-]c(-c2ccc(C([2H])([2H])[2H])cn2)cc1.[Ir].[c-]1ccc2c(oc3cc4c(ccc5ccccc54)cc32)c1-c1nc2cccc3c4ccccc4c4ccccc4c4ccccc4n1c23. The molecular formula is C58H37IrN3O-2. The maximum absolute atomic E-state index is 7.28. The van der Waals surface area contributed by atoms with E-state index in [1.165, 1.54) is 67.5 Å². The number of imidazole rings is 1. The molecule has 4 heterocycles. The number of fused-ring (bicyclic) bond motifs is 13. The third-order valence-corrected chi connectivity index (χ3v) is 11.9. The van der Waals surface area contributed by atoms with Gasteiger partial charge in [0.05, 0.1) is 22.4 Å². The van der Waals surface area contributed by atoms with E-state index in [-0.39, 0.29) is 31.2 Å². The molecule has 0 saturated heterocycles. The molecule has 0 aliphatic rings. The first kappa shape index (κ1) is 32.3. The summed E-state index contributed by atoms with van der Waals surface area (Å²) in [6, 6.07) is 68.1. The van der Waals surface area contributed by atoms with E-state index in [0.29, 0.717) is 11.3 Å². The number of rotatable bonds is 2. The summed E-state index contributed by atoms with van der Waals surface area (Å²) in [6.45, 7) is -4.34. The average molecular weight is 990 g/mol. The van der Waals surface area contributed by atoms with E-state index < -0.39 is 13.7 Å². The Morgan fingerprint density at radius 1 is 0.540 bits per heavy atom. The number of furan rings is 1. The standard InChI is InChI=1S/C45H25N2O.C13H12N.Ir/c1-2-12-29-27(11-1)23-24-28-25-39-36-19-9-20-37(44(36)48-42(39)26-38(28)29)45-46-40-21-10-18-35-33-16-6-4-14-31(33)30-13-3-5-15-32(30)34-17-7-8-22-41(34)47(45)43(35)40;1-10-3-6-12(7-4-10)13-8-5-11(2)9-14-13;/h1-19,21-26H;3-6,8-9H,1-2H3;/q2*-1;/i;1D3,2D3;. The molecule has 5 heteroatoms. The maximum Gasteiger partial charge on any atom is 0.121 e. The first-order chi connectivity index (χ1) is 33.0. The first-order valence-electron chi connectivity index (χ1n) is 23.5. The molecule has 0 unspecified atom stereocenters. The zero-order chi connectivity index (χ0) is 46.3. The second-order valence-corrected chi connectivity index (χ2v) is 15.5. The fourth-order valence-corrected chi connectivity index (χ4v) is 9.09. The fourth-order valence-electron chi connectivity index (χ4n) is 9.09. The predicted molar refractivity (Wildman–Crippen MR) is 259 cm³/mol. The third-order valence-electron chi connectivity index (χ3n) is 11.9. The van der Waals surface area contributed by atoms with E-state index in [4.69, 9.17) is 17.6 Å². The molecule has 1 radical (unpaired) electrons. The Balaban J connectivity index is 0.000000210. The van der Waals surface area contributed by atoms with Crippen molar-refractivity contribution in [2.45, 2.75) is 13.7 Å². The van der Waals surface area contributed by atoms with Crippen LogP contribution in [-0.4, -0.2) is 14.4 Å². The van der Waals surface area contributed by atoms with Crippen LogP contribution in [0.5, 0.6) is 0 Å². The van der Waals surface area contributed by atoms with Crippen LogP contribution in [0.25, 0.3) is 115 Å². The van der Waals surface area contributed by atoms with Crippen molar-refractivity contribution in [3.8, 4) is 22.6 Å². The van der Waals surface area contributed by atoms with Gasteiger partial charge in [0.25, 0.3) is 0 Å². The van der Waals surface area contributed by atoms with Crippen molar-refractivity contribution in [1.82, 2.24) is 14.4 Å². The van der Waals surface area contributed by atoms with Crippen molar-refractivity contribution in [2.24, 2.45) is 0 Å². The molecule has 0 saturated carbocycles. The summed E-state index contributed by atoms with van der Waals surface area (Å²) in [5.41, 5.74) is 7.11. The molecule has 63 heavy (non-hydrogen) atoms. The van der Waals surface area contributed by atoms with Crippen molar-refractivity contribution in [2.75, 3.05) is 0 Å². The van der Waals surface area contributed by atoms with Crippen LogP contribution in [0, 0.1) is 25.8 Å². The van der Waals surface area contributed by atoms with Crippen molar-refractivity contribution in [1.29, 1.82) is 0 Å². The zero-order valence-electron chi connectivity index (χ0n) is 39.5. The summed E-state index contributed by atoms with van der Waals surface area (Å²) in [5.74, 6) is 0.807. The summed E-state index contributed by atoms with van der Waals surface area (Å²) in [4.78, 5) is 9.46. The Kier molecular flexibility index (Phi) is 7.94. The van der Waals surface area contributed by atoms with Crippen LogP contribution >= 0.6 is 0 Å². The van der Waals surface area contributed by atoms with Gasteiger partial charge in [-0.15, -0.1) is 53.6 Å². The van der Waals surface area contributed by atoms with Crippen molar-refractivity contribution >= 4 is 92.4 Å². The molecule has 9 aromatic carbocycles. The largest absolute Gasteiger partial charge is 0.501 e. The molecule has 0 aliphatic carbocycles. The van der Waals surface area contributed by atoms with E-state index in [1.807, 2.05) is 6.07 Å². The Morgan fingerprint density at radius 2 is 1.22 bits per heavy atom. The molecule has 0 aliphatic heterocycles. The molecule has 301 valence electrons. The van der Waals surface area contributed by atoms with E-state index in [0.717, 1.165) is 60.6 Å². The van der Waals surface area contributed by atoms with Gasteiger partial charge < -0.3 is 13.8 Å². The van der Waals surface area contributed by atoms with Crippen LogP contribution in [0.4, 0.5) is 0 Å². The number of pyridine rings is 1. The second kappa shape index (κ2) is 15.5. The average Bonchev–Trinajstić information content (AvgIpc) is 3.95. The van der Waals surface area contributed by atoms with Gasteiger partial charge in [-0.1, -0.05) is 145 Å². The Morgan fingerprint density at radius 3 is 1.97 bits per heavy atom. The van der Waals surface area contributed by atoms with E-state index in [9.17, 15) is 0 Å². The van der Waals surface area contributed by atoms with E-state index in [1.54, 1.807) is 12.1 Å². The number of hydrogen-bond acceptors (Lipinski definition) is 3. The zero-order valence-corrected chi connectivity index (χ0v) is 35.9. The molecule has 0 fully saturated rings. The molecule has 0 N–H and O–H groups in total. The fraction of sp³-hybridized carbons (Fsp3) is 0.0345. The summed E-state index contributed by atoms with van der Waals surface area (Å²) in [6.07, 6.45) is 1.30. The Hall–Kier alpha value is -7.43. The minimum Gasteiger partial charge on any atom is -0.501 e. The number of nitrogens with zero attached hydrogens (tertiary/aromatic N) is 3. The summed E-state index contributed by atoms with van der Waals surface area (Å²) >= 11 is 0. The van der Waals surface area contributed by atoms with E-state index in [2.05, 4.69) is 167 Å². The molecule has 4 aromatic heterocycles. The molecule has 0 amide bonds. The van der Waals surface area contributed by atoms with Crippen LogP contribution in [0.3, 0.4) is 0 Å². The first-order valence-corrected chi connectivity index (χ1v) is 20.5. The summed E-state index contributed by atoms with van der Waals surface area (Å²) in [5, 5.41) is 14.0. The number of hydrogen-bond donors (Lipinski definition) is 0. The molecular weight excluding hydrogens is 947 g/mol. The second-order valence-electron chi connectivity index (χ2n) is 15.5. The predicted octanol–water partition coefficient (Wildman–Crippen LogP) is 15.3. The van der Waals surface area contributed by atoms with E-state index >= 15 is 0 Å². The maximum atomic E-state index is 7.28. The van der Waals surface area contributed by atoms with Crippen molar-refractivity contribution < 1.29 is 32.7 Å². The molecule has 13 aromatic rings. The molecule has 0 bridgehead atoms. The molecule has 4 nitrogen and oxygen atoms in total. The monoisotopic (exact) mass is 990 g/mol. The van der Waals surface area contributed by atoms with Crippen molar-refractivity contribution in [3.05, 3.63) is 211 Å². The number of benzene rings is 9. The normalized spacial score (nSPS) is 13.3. The van der Waals surface area contributed by atoms with Crippen LogP contribution in [0.1, 0.15) is 19.4 Å². The molecule has 0 atom stereocenters. The number of aryl methyl sites for hydroxylation is 2. The van der Waals surface area contributed by atoms with Gasteiger partial charge in [-0.25, -0.2) is 0 Å². The number of aromatic nitrogens is 3. The van der Waals surface area contributed by atoms with Crippen LogP contribution in [0.15, 0.2) is 193 Å². The van der Waals surface area contributed by atoms with Crippen LogP contribution in [0.2, 0.25) is 0 Å².